The van der Waals surface area contributed by atoms with E-state index in [1.54, 1.807) is 31.2 Å². The molecular weight excluding hydrogens is 833 g/mol. The van der Waals surface area contributed by atoms with Crippen molar-refractivity contribution in [2.24, 2.45) is 34.5 Å². The van der Waals surface area contributed by atoms with Gasteiger partial charge < -0.3 is 19.1 Å². The molecule has 3 fully saturated rings. The highest BCUT2D eigenvalue weighted by Gasteiger charge is 2.62. The van der Waals surface area contributed by atoms with Gasteiger partial charge in [-0.3, -0.25) is 23.9 Å². The van der Waals surface area contributed by atoms with E-state index in [1.807, 2.05) is 84.0 Å². The van der Waals surface area contributed by atoms with E-state index in [0.717, 1.165) is 23.8 Å². The number of fused-ring (bicyclic) bond motifs is 3. The molecule has 2 saturated carbocycles. The van der Waals surface area contributed by atoms with Gasteiger partial charge in [0.15, 0.2) is 5.78 Å². The Hall–Kier alpha value is -4.85. The molecule has 2 aliphatic heterocycles. The molecule has 0 bridgehead atoms. The minimum Gasteiger partial charge on any atom is -0.497 e. The van der Waals surface area contributed by atoms with Crippen LogP contribution in [0.15, 0.2) is 54.7 Å². The van der Waals surface area contributed by atoms with Crippen LogP contribution in [-0.4, -0.2) is 83.3 Å². The van der Waals surface area contributed by atoms with E-state index < -0.39 is 44.2 Å². The quantitative estimate of drug-likeness (QED) is 0.173. The van der Waals surface area contributed by atoms with Crippen LogP contribution in [-0.2, 0) is 29.2 Å². The minimum atomic E-state index is -3.97. The number of pyridine rings is 2. The summed E-state index contributed by atoms with van der Waals surface area (Å²) in [4.78, 5) is 69.1. The molecule has 14 heteroatoms. The zero-order valence-electron chi connectivity index (χ0n) is 38.9. The number of amides is 2. The summed E-state index contributed by atoms with van der Waals surface area (Å²) in [7, 11) is -2.38. The molecule has 2 aliphatic carbocycles. The Balaban J connectivity index is 1.26. The van der Waals surface area contributed by atoms with Crippen molar-refractivity contribution in [3.05, 3.63) is 54.7 Å². The largest absolute Gasteiger partial charge is 0.497 e. The van der Waals surface area contributed by atoms with Crippen LogP contribution in [0.4, 0.5) is 0 Å². The molecule has 4 aliphatic rings. The Morgan fingerprint density at radius 2 is 1.80 bits per heavy atom. The zero-order chi connectivity index (χ0) is 46.4. The first-order valence-electron chi connectivity index (χ1n) is 23.0. The van der Waals surface area contributed by atoms with E-state index in [-0.39, 0.29) is 72.6 Å². The molecule has 7 atom stereocenters. The molecule has 1 unspecified atom stereocenters. The normalized spacial score (nSPS) is 27.8. The molecular formula is C50H66N4O9S. The van der Waals surface area contributed by atoms with Crippen molar-refractivity contribution < 1.29 is 41.8 Å². The van der Waals surface area contributed by atoms with Crippen LogP contribution in [0.2, 0.25) is 0 Å². The van der Waals surface area contributed by atoms with E-state index >= 15 is 4.79 Å². The fourth-order valence-electron chi connectivity index (χ4n) is 9.56. The van der Waals surface area contributed by atoms with Crippen LogP contribution in [0.3, 0.4) is 0 Å². The number of methoxy groups -OCH3 is 1. The van der Waals surface area contributed by atoms with Crippen LogP contribution in [0.5, 0.6) is 17.5 Å². The molecule has 1 N–H and O–H groups in total. The number of nitrogens with one attached hydrogen (secondary N) is 1. The molecule has 64 heavy (non-hydrogen) atoms. The lowest BCUT2D eigenvalue weighted by Crippen LogP contribution is -2.48. The fourth-order valence-corrected chi connectivity index (χ4v) is 10.9. The van der Waals surface area contributed by atoms with Gasteiger partial charge in [0.1, 0.15) is 17.6 Å². The van der Waals surface area contributed by atoms with Crippen LogP contribution < -0.4 is 18.9 Å². The molecule has 1 aromatic carbocycles. The zero-order valence-corrected chi connectivity index (χ0v) is 39.8. The summed E-state index contributed by atoms with van der Waals surface area (Å²) in [6, 6.07) is 10.2. The van der Waals surface area contributed by atoms with Gasteiger partial charge >= 0.3 is 0 Å². The molecule has 7 rings (SSSR count). The van der Waals surface area contributed by atoms with Crippen LogP contribution in [0, 0.1) is 34.5 Å². The van der Waals surface area contributed by atoms with Gasteiger partial charge in [-0.25, -0.2) is 18.4 Å². The molecule has 2 aromatic heterocycles. The summed E-state index contributed by atoms with van der Waals surface area (Å²) >= 11 is 0. The Morgan fingerprint density at radius 1 is 1.05 bits per heavy atom. The van der Waals surface area contributed by atoms with Crippen molar-refractivity contribution in [1.82, 2.24) is 19.6 Å². The number of aromatic nitrogens is 2. The highest BCUT2D eigenvalue weighted by atomic mass is 32.2. The highest BCUT2D eigenvalue weighted by molar-refractivity contribution is 7.91. The van der Waals surface area contributed by atoms with Gasteiger partial charge in [-0.15, -0.1) is 0 Å². The predicted molar refractivity (Wildman–Crippen MR) is 245 cm³/mol. The molecule has 346 valence electrons. The summed E-state index contributed by atoms with van der Waals surface area (Å²) in [6.07, 6.45) is 8.65. The highest BCUT2D eigenvalue weighted by Crippen LogP contribution is 2.58. The van der Waals surface area contributed by atoms with Crippen molar-refractivity contribution >= 4 is 44.2 Å². The summed E-state index contributed by atoms with van der Waals surface area (Å²) in [6.45, 7) is 15.7. The summed E-state index contributed by atoms with van der Waals surface area (Å²) in [5, 5.41) is 1.49. The number of carbonyl (C=O) groups excluding carboxylic acids is 4. The third-order valence-corrected chi connectivity index (χ3v) is 15.8. The second kappa shape index (κ2) is 18.2. The minimum absolute atomic E-state index is 0.00991. The molecule has 4 heterocycles. The van der Waals surface area contributed by atoms with Gasteiger partial charge in [-0.1, -0.05) is 46.8 Å². The van der Waals surface area contributed by atoms with Crippen LogP contribution in [0.25, 0.3) is 22.0 Å². The summed E-state index contributed by atoms with van der Waals surface area (Å²) < 4.78 is 46.2. The average Bonchev–Trinajstić information content (AvgIpc) is 4.10. The van der Waals surface area contributed by atoms with Crippen molar-refractivity contribution in [3.8, 4) is 28.8 Å². The Morgan fingerprint density at radius 3 is 2.45 bits per heavy atom. The first kappa shape index (κ1) is 47.1. The Labute approximate surface area is 378 Å². The second-order valence-electron chi connectivity index (χ2n) is 20.8. The maximum absolute atomic E-state index is 15.2. The lowest BCUT2D eigenvalue weighted by Gasteiger charge is -2.32. The first-order chi connectivity index (χ1) is 30.1. The monoisotopic (exact) mass is 898 g/mol. The second-order valence-corrected chi connectivity index (χ2v) is 23.0. The maximum Gasteiger partial charge on any atom is 0.240 e. The van der Waals surface area contributed by atoms with Crippen LogP contribution >= 0.6 is 0 Å². The molecule has 2 amide bonds. The van der Waals surface area contributed by atoms with Gasteiger partial charge in [0.05, 0.1) is 41.7 Å². The molecule has 1 saturated heterocycles. The Bertz CT molecular complexity index is 2400. The number of allylic oxidation sites excluding steroid dienone is 2. The van der Waals surface area contributed by atoms with Crippen molar-refractivity contribution in [2.45, 2.75) is 143 Å². The number of Topliss-reactive ketones (excluding diaryl/α,β-unsaturated/α-hetero) is 2. The number of hydrogen-bond donors (Lipinski definition) is 1. The van der Waals surface area contributed by atoms with Gasteiger partial charge in [0.2, 0.25) is 33.6 Å². The van der Waals surface area contributed by atoms with Crippen LogP contribution in [0.1, 0.15) is 120 Å². The van der Waals surface area contributed by atoms with E-state index in [9.17, 15) is 22.8 Å². The number of ketones is 2. The van der Waals surface area contributed by atoms with Crippen molar-refractivity contribution in [1.29, 1.82) is 0 Å². The molecule has 0 radical (unpaired) electrons. The number of hydrogen-bond acceptors (Lipinski definition) is 11. The average molecular weight is 899 g/mol. The maximum atomic E-state index is 15.2. The third-order valence-electron chi connectivity index (χ3n) is 13.6. The smallest absolute Gasteiger partial charge is 0.240 e. The SMILES string of the molecule is COc1ccc2c(OC3C[C@H]4C(=O)C[C@]5(C(=O)NS(=O)(=O)C6(C)CC6)C[C@H]5/C=C\CC[C@@H](C)C[C@@H](C)[C@H](CC(=O)CC(C)(C)C)C(=O)N4C3)nc(-c3ccc(OC(C)C)nc3)cc2c1. The molecule has 3 aromatic rings. The van der Waals surface area contributed by atoms with Crippen molar-refractivity contribution in [2.75, 3.05) is 13.7 Å². The van der Waals surface area contributed by atoms with E-state index in [4.69, 9.17) is 19.2 Å². The summed E-state index contributed by atoms with van der Waals surface area (Å²) in [5.74, 6) is -0.876. The lowest BCUT2D eigenvalue weighted by atomic mass is 9.79. The lowest BCUT2D eigenvalue weighted by molar-refractivity contribution is -0.145. The molecule has 0 spiro atoms. The van der Waals surface area contributed by atoms with Crippen molar-refractivity contribution in [3.63, 3.8) is 0 Å². The molecule has 13 nitrogen and oxygen atoms in total. The standard InChI is InChI=1S/C50H66N4O9S/c1-30(2)62-44-17-14-33(28-51-44)41-22-34-21-37(61-9)15-16-39(34)45(52-41)63-38-24-42-43(56)27-50(47(58)53-64(59,60)49(8)18-19-49)25-35(50)13-11-10-12-31(3)20-32(4)40(46(57)54(42)29-38)23-36(55)26-48(5,6)7/h11,13-17,21-22,28,30-32,35,38,40,42H,10,12,18-20,23-27,29H2,1-9H3,(H,53,58)/b13-11-/t31-,32-,35-,38?,40+,42+,50-/m1/s1. The van der Waals surface area contributed by atoms with Gasteiger partial charge in [0.25, 0.3) is 0 Å². The fraction of sp³-hybridized carbons (Fsp3) is 0.600. The summed E-state index contributed by atoms with van der Waals surface area (Å²) in [5.41, 5.74) is -0.260. The first-order valence-corrected chi connectivity index (χ1v) is 24.5. The van der Waals surface area contributed by atoms with E-state index in [2.05, 4.69) is 16.6 Å². The number of carbonyl (C=O) groups is 4. The predicted octanol–water partition coefficient (Wildman–Crippen LogP) is 8.43. The topological polar surface area (TPSA) is 171 Å². The number of rotatable bonds is 12. The number of sulfonamides is 1. The third kappa shape index (κ3) is 10.5. The van der Waals surface area contributed by atoms with Gasteiger partial charge in [0, 0.05) is 54.8 Å². The number of benzene rings is 1. The Kier molecular flexibility index (Phi) is 13.4. The van der Waals surface area contributed by atoms with E-state index in [0.29, 0.717) is 60.7 Å². The van der Waals surface area contributed by atoms with E-state index in [1.165, 1.54) is 0 Å². The number of ether oxygens (including phenoxy) is 3. The van der Waals surface area contributed by atoms with Gasteiger partial charge in [-0.05, 0) is 118 Å². The van der Waals surface area contributed by atoms with Gasteiger partial charge in [-0.2, -0.15) is 0 Å². The number of nitrogens with zero attached hydrogens (tertiary/aromatic N) is 3.